The highest BCUT2D eigenvalue weighted by molar-refractivity contribution is 5.83. The van der Waals surface area contributed by atoms with Gasteiger partial charge in [0.05, 0.1) is 52.2 Å². The molecule has 0 aromatic carbocycles. The molecule has 0 aliphatic rings. The van der Waals surface area contributed by atoms with Crippen molar-refractivity contribution in [3.63, 3.8) is 0 Å². The minimum atomic E-state index is -0.156. The van der Waals surface area contributed by atoms with Crippen LogP contribution in [0.3, 0.4) is 0 Å². The van der Waals surface area contributed by atoms with E-state index in [2.05, 4.69) is 92.9 Å². The third-order valence-electron chi connectivity index (χ3n) is 8.84. The Labute approximate surface area is 332 Å². The fourth-order valence-corrected chi connectivity index (χ4v) is 6.39. The molecule has 0 N–H and O–H groups in total. The molecule has 0 unspecified atom stereocenters. The molecule has 0 heterocycles. The van der Waals surface area contributed by atoms with E-state index in [1.54, 1.807) is 0 Å². The number of carbonyl (C=O) groups excluding carboxylic acids is 2. The number of ether oxygens (including phenoxy) is 2. The van der Waals surface area contributed by atoms with Crippen LogP contribution in [0, 0.1) is 23.7 Å². The summed E-state index contributed by atoms with van der Waals surface area (Å²) in [5, 5.41) is 0. The molecule has 0 saturated carbocycles. The lowest BCUT2D eigenvalue weighted by molar-refractivity contribution is -0.145. The van der Waals surface area contributed by atoms with Gasteiger partial charge in [0, 0.05) is 62.1 Å². The van der Waals surface area contributed by atoms with Gasteiger partial charge < -0.3 is 9.47 Å². The molecule has 0 atom stereocenters. The van der Waals surface area contributed by atoms with E-state index < -0.39 is 0 Å². The van der Waals surface area contributed by atoms with E-state index in [4.69, 9.17) is 29.4 Å². The predicted octanol–water partition coefficient (Wildman–Crippen LogP) is 9.05. The van der Waals surface area contributed by atoms with Crippen molar-refractivity contribution in [2.45, 2.75) is 147 Å². The highest BCUT2D eigenvalue weighted by atomic mass is 16.5. The fourth-order valence-electron chi connectivity index (χ4n) is 6.39. The third kappa shape index (κ3) is 34.1. The van der Waals surface area contributed by atoms with Gasteiger partial charge in [0.25, 0.3) is 0 Å². The number of rotatable bonds is 33. The highest BCUT2D eigenvalue weighted by Crippen LogP contribution is 2.07. The molecule has 0 aliphatic carbocycles. The number of esters is 2. The molecule has 0 amide bonds. The average Bonchev–Trinajstić information content (AvgIpc) is 3.05. The van der Waals surface area contributed by atoms with Crippen molar-refractivity contribution >= 4 is 34.8 Å². The largest absolute Gasteiger partial charge is 0.466 e. The second-order valence-corrected chi connectivity index (χ2v) is 16.9. The second-order valence-electron chi connectivity index (χ2n) is 16.9. The Morgan fingerprint density at radius 3 is 0.926 bits per heavy atom. The molecule has 10 nitrogen and oxygen atoms in total. The second kappa shape index (κ2) is 32.8. The summed E-state index contributed by atoms with van der Waals surface area (Å²) >= 11 is 0. The van der Waals surface area contributed by atoms with E-state index in [1.807, 2.05) is 0 Å². The summed E-state index contributed by atoms with van der Waals surface area (Å²) in [4.78, 5) is 48.7. The van der Waals surface area contributed by atoms with Crippen molar-refractivity contribution in [1.82, 2.24) is 9.80 Å². The predicted molar refractivity (Wildman–Crippen MR) is 232 cm³/mol. The quantitative estimate of drug-likeness (QED) is 0.0375. The lowest BCUT2D eigenvalue weighted by Crippen LogP contribution is -2.32. The van der Waals surface area contributed by atoms with E-state index in [0.29, 0.717) is 62.8 Å². The van der Waals surface area contributed by atoms with Crippen molar-refractivity contribution in [3.05, 3.63) is 0 Å². The first-order chi connectivity index (χ1) is 25.6. The standard InChI is InChI=1S/C44H84N6O4/c1-35(2)31-39(9)45-19-25-49(26-20-46-40(10)32-36(3)4)23-17-43(51)53-29-15-13-14-16-30-54-44(52)18-24-50(27-21-47-41(11)33-37(5)6)28-22-48-42(12)34-38(7)8/h35-38H,13-34H2,1-12H3. The van der Waals surface area contributed by atoms with Gasteiger partial charge in [-0.05, 0) is 103 Å². The molecular formula is C44H84N6O4. The summed E-state index contributed by atoms with van der Waals surface area (Å²) in [7, 11) is 0. The molecular weight excluding hydrogens is 677 g/mol. The van der Waals surface area contributed by atoms with Crippen molar-refractivity contribution in [1.29, 1.82) is 0 Å². The van der Waals surface area contributed by atoms with E-state index in [1.165, 1.54) is 22.8 Å². The maximum absolute atomic E-state index is 12.5. The van der Waals surface area contributed by atoms with Gasteiger partial charge in [-0.2, -0.15) is 0 Å². The SMILES string of the molecule is CC(CC(C)C)=NCCN(CCN=C(C)CC(C)C)CCC(=O)OCCCCCCOC(=O)CCN(CCN=C(C)CC(C)C)CCN=C(C)CC(C)C. The van der Waals surface area contributed by atoms with Gasteiger partial charge in [-0.3, -0.25) is 39.4 Å². The summed E-state index contributed by atoms with van der Waals surface area (Å²) in [6.45, 7) is 34.4. The summed E-state index contributed by atoms with van der Waals surface area (Å²) in [5.41, 5.74) is 4.74. The Morgan fingerprint density at radius 1 is 0.426 bits per heavy atom. The minimum Gasteiger partial charge on any atom is -0.466 e. The summed E-state index contributed by atoms with van der Waals surface area (Å²) in [6, 6.07) is 0. The maximum atomic E-state index is 12.5. The molecule has 54 heavy (non-hydrogen) atoms. The topological polar surface area (TPSA) is 109 Å². The zero-order valence-electron chi connectivity index (χ0n) is 37.2. The van der Waals surface area contributed by atoms with Gasteiger partial charge in [-0.1, -0.05) is 55.4 Å². The molecule has 0 fully saturated rings. The lowest BCUT2D eigenvalue weighted by atomic mass is 10.1. The van der Waals surface area contributed by atoms with Gasteiger partial charge in [0.15, 0.2) is 0 Å². The lowest BCUT2D eigenvalue weighted by Gasteiger charge is -2.20. The van der Waals surface area contributed by atoms with Gasteiger partial charge >= 0.3 is 11.9 Å². The van der Waals surface area contributed by atoms with Gasteiger partial charge in [0.2, 0.25) is 0 Å². The normalized spacial score (nSPS) is 13.4. The first kappa shape index (κ1) is 51.5. The Balaban J connectivity index is 4.51. The van der Waals surface area contributed by atoms with Gasteiger partial charge in [-0.25, -0.2) is 0 Å². The van der Waals surface area contributed by atoms with Crippen LogP contribution in [0.4, 0.5) is 0 Å². The van der Waals surface area contributed by atoms with Crippen molar-refractivity contribution < 1.29 is 19.1 Å². The number of hydrogen-bond donors (Lipinski definition) is 0. The van der Waals surface area contributed by atoms with Crippen LogP contribution in [0.1, 0.15) is 147 Å². The van der Waals surface area contributed by atoms with Crippen molar-refractivity contribution in [3.8, 4) is 0 Å². The fraction of sp³-hybridized carbons (Fsp3) is 0.864. The Morgan fingerprint density at radius 2 is 0.685 bits per heavy atom. The Bertz CT molecular complexity index is 966. The van der Waals surface area contributed by atoms with Crippen LogP contribution in [0.2, 0.25) is 0 Å². The smallest absolute Gasteiger partial charge is 0.307 e. The number of aliphatic imine (C=N–C) groups is 4. The Kier molecular flexibility index (Phi) is 31.3. The number of carbonyl (C=O) groups is 2. The Hall–Kier alpha value is -2.46. The number of nitrogens with zero attached hydrogens (tertiary/aromatic N) is 6. The highest BCUT2D eigenvalue weighted by Gasteiger charge is 2.12. The number of unbranched alkanes of at least 4 members (excludes halogenated alkanes) is 3. The molecule has 314 valence electrons. The molecule has 0 spiro atoms. The summed E-state index contributed by atoms with van der Waals surface area (Å²) in [6.07, 6.45) is 8.27. The van der Waals surface area contributed by atoms with Crippen molar-refractivity contribution in [2.75, 3.05) is 78.7 Å². The maximum Gasteiger partial charge on any atom is 0.307 e. The van der Waals surface area contributed by atoms with Crippen LogP contribution < -0.4 is 0 Å². The monoisotopic (exact) mass is 761 g/mol. The summed E-state index contributed by atoms with van der Waals surface area (Å²) < 4.78 is 11.1. The molecule has 0 saturated heterocycles. The van der Waals surface area contributed by atoms with Gasteiger partial charge in [0.1, 0.15) is 0 Å². The first-order valence-corrected chi connectivity index (χ1v) is 21.3. The van der Waals surface area contributed by atoms with E-state index >= 15 is 0 Å². The van der Waals surface area contributed by atoms with E-state index in [9.17, 15) is 9.59 Å². The van der Waals surface area contributed by atoms with Crippen LogP contribution in [-0.4, -0.2) is 123 Å². The molecule has 0 aliphatic heterocycles. The molecule has 0 aromatic rings. The molecule has 0 radical (unpaired) electrons. The first-order valence-electron chi connectivity index (χ1n) is 21.3. The molecule has 0 bridgehead atoms. The molecule has 0 aromatic heterocycles. The zero-order chi connectivity index (χ0) is 40.7. The van der Waals surface area contributed by atoms with Crippen LogP contribution in [-0.2, 0) is 19.1 Å². The molecule has 10 heteroatoms. The minimum absolute atomic E-state index is 0.156. The van der Waals surface area contributed by atoms with Crippen LogP contribution in [0.25, 0.3) is 0 Å². The zero-order valence-corrected chi connectivity index (χ0v) is 37.2. The van der Waals surface area contributed by atoms with Crippen LogP contribution >= 0.6 is 0 Å². The van der Waals surface area contributed by atoms with Gasteiger partial charge in [-0.15, -0.1) is 0 Å². The van der Waals surface area contributed by atoms with Crippen LogP contribution in [0.15, 0.2) is 20.0 Å². The van der Waals surface area contributed by atoms with Crippen molar-refractivity contribution in [2.24, 2.45) is 43.6 Å². The average molecular weight is 761 g/mol. The van der Waals surface area contributed by atoms with E-state index in [-0.39, 0.29) is 11.9 Å². The summed E-state index contributed by atoms with van der Waals surface area (Å²) in [5.74, 6) is 2.09. The molecule has 0 rings (SSSR count). The van der Waals surface area contributed by atoms with Crippen LogP contribution in [0.5, 0.6) is 0 Å². The third-order valence-corrected chi connectivity index (χ3v) is 8.84. The van der Waals surface area contributed by atoms with E-state index in [0.717, 1.165) is 104 Å². The number of hydrogen-bond acceptors (Lipinski definition) is 10.